The first-order chi connectivity index (χ1) is 8.45. The minimum absolute atomic E-state index is 0.159. The summed E-state index contributed by atoms with van der Waals surface area (Å²) in [4.78, 5) is 16.0. The first-order valence-electron chi connectivity index (χ1n) is 6.30. The third kappa shape index (κ3) is 2.12. The first-order valence-corrected chi connectivity index (χ1v) is 7.09. The molecule has 0 aliphatic heterocycles. The molecule has 2 aromatic rings. The van der Waals surface area contributed by atoms with Gasteiger partial charge in [0.05, 0.1) is 5.52 Å². The fourth-order valence-corrected chi connectivity index (χ4v) is 3.04. The quantitative estimate of drug-likeness (QED) is 0.882. The summed E-state index contributed by atoms with van der Waals surface area (Å²) < 4.78 is 0.968. The Labute approximate surface area is 116 Å². The Balaban J connectivity index is 2.95. The zero-order valence-electron chi connectivity index (χ0n) is 11.2. The van der Waals surface area contributed by atoms with Crippen LogP contribution < -0.4 is 5.43 Å². The van der Waals surface area contributed by atoms with Crippen molar-refractivity contribution in [1.29, 1.82) is 0 Å². The second-order valence-corrected chi connectivity index (χ2v) is 5.90. The van der Waals surface area contributed by atoms with Crippen molar-refractivity contribution < 1.29 is 0 Å². The molecule has 96 valence electrons. The van der Waals surface area contributed by atoms with Crippen molar-refractivity contribution in [3.05, 3.63) is 43.6 Å². The summed E-state index contributed by atoms with van der Waals surface area (Å²) in [7, 11) is 0. The van der Waals surface area contributed by atoms with Gasteiger partial charge in [-0.1, -0.05) is 36.7 Å². The highest BCUT2D eigenvalue weighted by Gasteiger charge is 2.14. The number of aromatic amines is 1. The predicted molar refractivity (Wildman–Crippen MR) is 80.5 cm³/mol. The average molecular weight is 308 g/mol. The maximum Gasteiger partial charge on any atom is 0.193 e. The van der Waals surface area contributed by atoms with Crippen LogP contribution in [-0.2, 0) is 6.42 Å². The lowest BCUT2D eigenvalue weighted by atomic mass is 9.97. The molecule has 0 radical (unpaired) electrons. The largest absolute Gasteiger partial charge is 0.358 e. The molecule has 0 saturated heterocycles. The van der Waals surface area contributed by atoms with E-state index in [0.29, 0.717) is 0 Å². The van der Waals surface area contributed by atoms with Gasteiger partial charge in [0.25, 0.3) is 0 Å². The van der Waals surface area contributed by atoms with Crippen LogP contribution in [0.15, 0.2) is 21.4 Å². The maximum atomic E-state index is 12.6. The molecule has 0 unspecified atom stereocenters. The van der Waals surface area contributed by atoms with Crippen molar-refractivity contribution >= 4 is 26.8 Å². The summed E-state index contributed by atoms with van der Waals surface area (Å²) in [6, 6.07) is 3.99. The van der Waals surface area contributed by atoms with Gasteiger partial charge in [-0.05, 0) is 37.0 Å². The minimum atomic E-state index is 0.159. The van der Waals surface area contributed by atoms with Crippen molar-refractivity contribution in [2.24, 2.45) is 0 Å². The molecule has 1 aromatic carbocycles. The van der Waals surface area contributed by atoms with E-state index in [1.54, 1.807) is 0 Å². The van der Waals surface area contributed by atoms with E-state index in [1.807, 2.05) is 13.0 Å². The van der Waals surface area contributed by atoms with Crippen molar-refractivity contribution in [2.75, 3.05) is 0 Å². The fourth-order valence-electron chi connectivity index (χ4n) is 2.53. The third-order valence-electron chi connectivity index (χ3n) is 3.35. The number of rotatable bonds is 2. The summed E-state index contributed by atoms with van der Waals surface area (Å²) in [5.41, 5.74) is 4.19. The van der Waals surface area contributed by atoms with Crippen LogP contribution in [0.1, 0.15) is 43.5 Å². The highest BCUT2D eigenvalue weighted by atomic mass is 79.9. The van der Waals surface area contributed by atoms with Gasteiger partial charge < -0.3 is 4.98 Å². The fraction of sp³-hybridized carbons (Fsp3) is 0.400. The Bertz CT molecular complexity index is 656. The Morgan fingerprint density at radius 2 is 2.00 bits per heavy atom. The van der Waals surface area contributed by atoms with Gasteiger partial charge in [0, 0.05) is 21.1 Å². The van der Waals surface area contributed by atoms with Crippen LogP contribution in [0.25, 0.3) is 10.9 Å². The van der Waals surface area contributed by atoms with Gasteiger partial charge >= 0.3 is 0 Å². The van der Waals surface area contributed by atoms with Crippen LogP contribution in [-0.4, -0.2) is 4.98 Å². The number of fused-ring (bicyclic) bond motifs is 1. The second kappa shape index (κ2) is 4.88. The molecule has 0 spiro atoms. The molecule has 0 atom stereocenters. The van der Waals surface area contributed by atoms with Crippen molar-refractivity contribution in [2.45, 2.75) is 40.0 Å². The Morgan fingerprint density at radius 1 is 1.33 bits per heavy atom. The zero-order chi connectivity index (χ0) is 13.4. The SMILES string of the molecule is CCc1cc(Br)cc2c(=O)c(C(C)C)c(C)[nH]c12. The van der Waals surface area contributed by atoms with E-state index in [0.717, 1.165) is 33.1 Å². The van der Waals surface area contributed by atoms with Crippen LogP contribution in [0.5, 0.6) is 0 Å². The van der Waals surface area contributed by atoms with Gasteiger partial charge in [0.1, 0.15) is 0 Å². The van der Waals surface area contributed by atoms with Gasteiger partial charge in [-0.15, -0.1) is 0 Å². The zero-order valence-corrected chi connectivity index (χ0v) is 12.8. The molecule has 1 aromatic heterocycles. The Kier molecular flexibility index (Phi) is 3.62. The lowest BCUT2D eigenvalue weighted by Gasteiger charge is -2.13. The maximum absolute atomic E-state index is 12.6. The van der Waals surface area contributed by atoms with Crippen LogP contribution in [0, 0.1) is 6.92 Å². The first kappa shape index (κ1) is 13.3. The van der Waals surface area contributed by atoms with Crippen LogP contribution in [0.2, 0.25) is 0 Å². The Hall–Kier alpha value is -1.09. The molecule has 1 heterocycles. The number of nitrogens with one attached hydrogen (secondary N) is 1. The number of aryl methyl sites for hydroxylation is 2. The topological polar surface area (TPSA) is 32.9 Å². The molecule has 2 nitrogen and oxygen atoms in total. The third-order valence-corrected chi connectivity index (χ3v) is 3.81. The number of hydrogen-bond acceptors (Lipinski definition) is 1. The highest BCUT2D eigenvalue weighted by Crippen LogP contribution is 2.24. The van der Waals surface area contributed by atoms with E-state index >= 15 is 0 Å². The van der Waals surface area contributed by atoms with E-state index in [2.05, 4.69) is 47.8 Å². The molecule has 3 heteroatoms. The molecular weight excluding hydrogens is 290 g/mol. The number of aromatic nitrogens is 1. The average Bonchev–Trinajstić information content (AvgIpc) is 2.29. The molecule has 2 rings (SSSR count). The number of H-pyrrole nitrogens is 1. The van der Waals surface area contributed by atoms with Crippen LogP contribution >= 0.6 is 15.9 Å². The molecule has 0 amide bonds. The predicted octanol–water partition coefficient (Wildman–Crippen LogP) is 4.28. The standard InChI is InChI=1S/C15H18BrNO/c1-5-10-6-11(16)7-12-14(10)17-9(4)13(8(2)3)15(12)18/h6-8H,5H2,1-4H3,(H,17,18). The van der Waals surface area contributed by atoms with E-state index < -0.39 is 0 Å². The molecule has 18 heavy (non-hydrogen) atoms. The smallest absolute Gasteiger partial charge is 0.193 e. The number of benzene rings is 1. The van der Waals surface area contributed by atoms with Gasteiger partial charge in [-0.3, -0.25) is 4.79 Å². The summed E-state index contributed by atoms with van der Waals surface area (Å²) >= 11 is 3.49. The van der Waals surface area contributed by atoms with Crippen molar-refractivity contribution in [3.8, 4) is 0 Å². The summed E-state index contributed by atoms with van der Waals surface area (Å²) in [6.07, 6.45) is 0.909. The van der Waals surface area contributed by atoms with Gasteiger partial charge in [0.15, 0.2) is 5.43 Å². The van der Waals surface area contributed by atoms with E-state index in [4.69, 9.17) is 0 Å². The van der Waals surface area contributed by atoms with Crippen molar-refractivity contribution in [3.63, 3.8) is 0 Å². The lowest BCUT2D eigenvalue weighted by molar-refractivity contribution is 0.838. The Morgan fingerprint density at radius 3 is 2.56 bits per heavy atom. The van der Waals surface area contributed by atoms with E-state index in [9.17, 15) is 4.79 Å². The molecule has 0 fully saturated rings. The molecule has 0 saturated carbocycles. The van der Waals surface area contributed by atoms with Crippen LogP contribution in [0.3, 0.4) is 0 Å². The lowest BCUT2D eigenvalue weighted by Crippen LogP contribution is -2.15. The molecule has 0 aliphatic carbocycles. The number of halogens is 1. The van der Waals surface area contributed by atoms with Gasteiger partial charge in [-0.2, -0.15) is 0 Å². The summed E-state index contributed by atoms with van der Waals surface area (Å²) in [5.74, 6) is 0.238. The number of hydrogen-bond donors (Lipinski definition) is 1. The van der Waals surface area contributed by atoms with Gasteiger partial charge in [-0.25, -0.2) is 0 Å². The summed E-state index contributed by atoms with van der Waals surface area (Å²) in [6.45, 7) is 8.20. The molecule has 0 aliphatic rings. The summed E-state index contributed by atoms with van der Waals surface area (Å²) in [5, 5.41) is 0.788. The van der Waals surface area contributed by atoms with Gasteiger partial charge in [0.2, 0.25) is 0 Å². The van der Waals surface area contributed by atoms with Crippen molar-refractivity contribution in [1.82, 2.24) is 4.98 Å². The monoisotopic (exact) mass is 307 g/mol. The highest BCUT2D eigenvalue weighted by molar-refractivity contribution is 9.10. The minimum Gasteiger partial charge on any atom is -0.358 e. The number of pyridine rings is 1. The molecule has 0 bridgehead atoms. The van der Waals surface area contributed by atoms with Crippen LogP contribution in [0.4, 0.5) is 0 Å². The van der Waals surface area contributed by atoms with E-state index in [1.165, 1.54) is 5.56 Å². The molecule has 1 N–H and O–H groups in total. The normalized spacial score (nSPS) is 11.4. The molecular formula is C15H18BrNO. The van der Waals surface area contributed by atoms with E-state index in [-0.39, 0.29) is 11.3 Å². The second-order valence-electron chi connectivity index (χ2n) is 4.99.